The molecule has 0 saturated heterocycles. The van der Waals surface area contributed by atoms with E-state index in [1.807, 2.05) is 12.1 Å². The van der Waals surface area contributed by atoms with Crippen molar-refractivity contribution in [3.05, 3.63) is 40.9 Å². The molecule has 0 fully saturated rings. The summed E-state index contributed by atoms with van der Waals surface area (Å²) in [4.78, 5) is 18.4. The molecule has 2 aromatic rings. The SMILES string of the molecule is CCN(CC)c1ccc(NC(=O)c2ccc(Br)o2)cn1. The van der Waals surface area contributed by atoms with E-state index in [1.54, 1.807) is 18.3 Å². The molecule has 0 aliphatic rings. The molecule has 0 bridgehead atoms. The van der Waals surface area contributed by atoms with Crippen molar-refractivity contribution >= 4 is 33.3 Å². The van der Waals surface area contributed by atoms with Crippen LogP contribution >= 0.6 is 15.9 Å². The quantitative estimate of drug-likeness (QED) is 0.906. The summed E-state index contributed by atoms with van der Waals surface area (Å²) in [6, 6.07) is 7.00. The molecule has 1 N–H and O–H groups in total. The van der Waals surface area contributed by atoms with Crippen LogP contribution in [0.2, 0.25) is 0 Å². The Labute approximate surface area is 126 Å². The van der Waals surface area contributed by atoms with Crippen molar-refractivity contribution < 1.29 is 9.21 Å². The van der Waals surface area contributed by atoms with Crippen LogP contribution in [0.25, 0.3) is 0 Å². The number of hydrogen-bond acceptors (Lipinski definition) is 4. The third-order valence-electron chi connectivity index (χ3n) is 2.89. The minimum atomic E-state index is -0.298. The van der Waals surface area contributed by atoms with E-state index in [2.05, 4.69) is 45.0 Å². The molecule has 2 aromatic heterocycles. The normalized spacial score (nSPS) is 10.3. The minimum absolute atomic E-state index is 0.254. The molecule has 0 saturated carbocycles. The summed E-state index contributed by atoms with van der Waals surface area (Å²) in [5, 5.41) is 2.74. The number of pyridine rings is 1. The van der Waals surface area contributed by atoms with Crippen LogP contribution in [-0.2, 0) is 0 Å². The van der Waals surface area contributed by atoms with E-state index >= 15 is 0 Å². The lowest BCUT2D eigenvalue weighted by molar-refractivity contribution is 0.0995. The Balaban J connectivity index is 2.05. The number of aromatic nitrogens is 1. The second-order valence-electron chi connectivity index (χ2n) is 4.14. The van der Waals surface area contributed by atoms with Gasteiger partial charge < -0.3 is 14.6 Å². The average molecular weight is 338 g/mol. The van der Waals surface area contributed by atoms with Crippen LogP contribution < -0.4 is 10.2 Å². The van der Waals surface area contributed by atoms with Crippen molar-refractivity contribution in [1.29, 1.82) is 0 Å². The van der Waals surface area contributed by atoms with E-state index in [4.69, 9.17) is 4.42 Å². The number of amides is 1. The highest BCUT2D eigenvalue weighted by molar-refractivity contribution is 9.10. The van der Waals surface area contributed by atoms with Gasteiger partial charge in [-0.25, -0.2) is 4.98 Å². The monoisotopic (exact) mass is 337 g/mol. The lowest BCUT2D eigenvalue weighted by Gasteiger charge is -2.19. The van der Waals surface area contributed by atoms with Gasteiger partial charge in [0.05, 0.1) is 11.9 Å². The number of anilines is 2. The number of rotatable bonds is 5. The molecule has 2 rings (SSSR count). The van der Waals surface area contributed by atoms with Crippen molar-refractivity contribution in [2.75, 3.05) is 23.3 Å². The molecule has 2 heterocycles. The maximum Gasteiger partial charge on any atom is 0.291 e. The third kappa shape index (κ3) is 3.39. The fourth-order valence-electron chi connectivity index (χ4n) is 1.82. The van der Waals surface area contributed by atoms with Gasteiger partial charge in [-0.2, -0.15) is 0 Å². The number of nitrogens with one attached hydrogen (secondary N) is 1. The van der Waals surface area contributed by atoms with Gasteiger partial charge in [0, 0.05) is 13.1 Å². The summed E-state index contributed by atoms with van der Waals surface area (Å²) in [6.07, 6.45) is 1.64. The average Bonchev–Trinajstić information content (AvgIpc) is 2.89. The van der Waals surface area contributed by atoms with Gasteiger partial charge in [0.25, 0.3) is 5.91 Å². The van der Waals surface area contributed by atoms with Crippen molar-refractivity contribution in [3.8, 4) is 0 Å². The molecule has 0 unspecified atom stereocenters. The number of nitrogens with zero attached hydrogens (tertiary/aromatic N) is 2. The molecular weight excluding hydrogens is 322 g/mol. The first-order chi connectivity index (χ1) is 9.63. The summed E-state index contributed by atoms with van der Waals surface area (Å²) in [5.41, 5.74) is 0.637. The number of furan rings is 1. The molecular formula is C14H16BrN3O2. The molecule has 0 aromatic carbocycles. The zero-order valence-corrected chi connectivity index (χ0v) is 13.0. The van der Waals surface area contributed by atoms with Crippen LogP contribution in [0.5, 0.6) is 0 Å². The van der Waals surface area contributed by atoms with Gasteiger partial charge in [0.2, 0.25) is 0 Å². The van der Waals surface area contributed by atoms with Crippen LogP contribution in [-0.4, -0.2) is 24.0 Å². The Kier molecular flexibility index (Phi) is 4.79. The predicted octanol–water partition coefficient (Wildman–Crippen LogP) is 3.54. The fraction of sp³-hybridized carbons (Fsp3) is 0.286. The summed E-state index contributed by atoms with van der Waals surface area (Å²) < 4.78 is 5.72. The smallest absolute Gasteiger partial charge is 0.291 e. The lowest BCUT2D eigenvalue weighted by Crippen LogP contribution is -2.22. The van der Waals surface area contributed by atoms with E-state index in [9.17, 15) is 4.79 Å². The third-order valence-corrected chi connectivity index (χ3v) is 3.32. The number of halogens is 1. The Morgan fingerprint density at radius 1 is 1.30 bits per heavy atom. The van der Waals surface area contributed by atoms with E-state index in [0.717, 1.165) is 18.9 Å². The highest BCUT2D eigenvalue weighted by Gasteiger charge is 2.11. The fourth-order valence-corrected chi connectivity index (χ4v) is 2.13. The van der Waals surface area contributed by atoms with Gasteiger partial charge in [0.1, 0.15) is 5.82 Å². The van der Waals surface area contributed by atoms with Crippen LogP contribution in [0.1, 0.15) is 24.4 Å². The van der Waals surface area contributed by atoms with Crippen LogP contribution in [0.3, 0.4) is 0 Å². The van der Waals surface area contributed by atoms with Crippen LogP contribution in [0.15, 0.2) is 39.5 Å². The molecule has 0 aliphatic carbocycles. The Morgan fingerprint density at radius 2 is 2.05 bits per heavy atom. The predicted molar refractivity (Wildman–Crippen MR) is 82.2 cm³/mol. The van der Waals surface area contributed by atoms with E-state index in [1.165, 1.54) is 0 Å². The highest BCUT2D eigenvalue weighted by Crippen LogP contribution is 2.17. The van der Waals surface area contributed by atoms with Crippen LogP contribution in [0.4, 0.5) is 11.5 Å². The minimum Gasteiger partial charge on any atom is -0.444 e. The first-order valence-electron chi connectivity index (χ1n) is 6.41. The summed E-state index contributed by atoms with van der Waals surface area (Å²) >= 11 is 3.16. The summed E-state index contributed by atoms with van der Waals surface area (Å²) in [7, 11) is 0. The lowest BCUT2D eigenvalue weighted by atomic mass is 10.3. The molecule has 0 atom stereocenters. The van der Waals surface area contributed by atoms with Crippen molar-refractivity contribution in [1.82, 2.24) is 4.98 Å². The van der Waals surface area contributed by atoms with Gasteiger partial charge in [-0.05, 0) is 54.0 Å². The zero-order valence-electron chi connectivity index (χ0n) is 11.4. The van der Waals surface area contributed by atoms with Crippen LogP contribution in [0, 0.1) is 0 Å². The first-order valence-corrected chi connectivity index (χ1v) is 7.21. The van der Waals surface area contributed by atoms with Gasteiger partial charge in [0.15, 0.2) is 10.4 Å². The number of hydrogen-bond donors (Lipinski definition) is 1. The van der Waals surface area contributed by atoms with Crippen molar-refractivity contribution in [2.45, 2.75) is 13.8 Å². The molecule has 6 heteroatoms. The van der Waals surface area contributed by atoms with Gasteiger partial charge in [-0.15, -0.1) is 0 Å². The highest BCUT2D eigenvalue weighted by atomic mass is 79.9. The number of carbonyl (C=O) groups excluding carboxylic acids is 1. The maximum atomic E-state index is 11.9. The van der Waals surface area contributed by atoms with Gasteiger partial charge in [-0.3, -0.25) is 4.79 Å². The van der Waals surface area contributed by atoms with Crippen molar-refractivity contribution in [2.24, 2.45) is 0 Å². The molecule has 0 aliphatic heterocycles. The zero-order chi connectivity index (χ0) is 14.5. The Morgan fingerprint density at radius 3 is 2.55 bits per heavy atom. The van der Waals surface area contributed by atoms with Crippen molar-refractivity contribution in [3.63, 3.8) is 0 Å². The molecule has 0 radical (unpaired) electrons. The Hall–Kier alpha value is -1.82. The van der Waals surface area contributed by atoms with Gasteiger partial charge in [-0.1, -0.05) is 0 Å². The second-order valence-corrected chi connectivity index (χ2v) is 4.92. The van der Waals surface area contributed by atoms with E-state index in [-0.39, 0.29) is 11.7 Å². The topological polar surface area (TPSA) is 58.4 Å². The number of carbonyl (C=O) groups is 1. The van der Waals surface area contributed by atoms with Gasteiger partial charge >= 0.3 is 0 Å². The van der Waals surface area contributed by atoms with E-state index < -0.39 is 0 Å². The van der Waals surface area contributed by atoms with E-state index in [0.29, 0.717) is 10.4 Å². The maximum absolute atomic E-state index is 11.9. The first kappa shape index (κ1) is 14.6. The standard InChI is InChI=1S/C14H16BrN3O2/c1-3-18(4-2)13-8-5-10(9-16-13)17-14(19)11-6-7-12(15)20-11/h5-9H,3-4H2,1-2H3,(H,17,19). The molecule has 1 amide bonds. The molecule has 20 heavy (non-hydrogen) atoms. The second kappa shape index (κ2) is 6.56. The molecule has 5 nitrogen and oxygen atoms in total. The molecule has 0 spiro atoms. The largest absolute Gasteiger partial charge is 0.444 e. The summed E-state index contributed by atoms with van der Waals surface area (Å²) in [6.45, 7) is 5.95. The summed E-state index contributed by atoms with van der Waals surface area (Å²) in [5.74, 6) is 0.853. The Bertz CT molecular complexity index is 576. The molecule has 106 valence electrons.